The number of amides is 1. The second-order valence-corrected chi connectivity index (χ2v) is 6.09. The molecule has 1 aromatic heterocycles. The van der Waals surface area contributed by atoms with Gasteiger partial charge in [0.15, 0.2) is 0 Å². The van der Waals surface area contributed by atoms with Gasteiger partial charge in [0.1, 0.15) is 22.5 Å². The molecule has 3 aromatic rings. The van der Waals surface area contributed by atoms with E-state index in [2.05, 4.69) is 20.7 Å². The first-order valence-corrected chi connectivity index (χ1v) is 8.11. The van der Waals surface area contributed by atoms with E-state index < -0.39 is 0 Å². The Morgan fingerprint density at radius 1 is 1.28 bits per heavy atom. The van der Waals surface area contributed by atoms with Crippen molar-refractivity contribution in [1.29, 1.82) is 0 Å². The summed E-state index contributed by atoms with van der Waals surface area (Å²) in [6.07, 6.45) is 0.863. The number of H-pyrrole nitrogens is 1. The van der Waals surface area contributed by atoms with Crippen molar-refractivity contribution in [2.24, 2.45) is 5.92 Å². The molecule has 0 saturated carbocycles. The highest BCUT2D eigenvalue weighted by Crippen LogP contribution is 2.30. The summed E-state index contributed by atoms with van der Waals surface area (Å²) in [6, 6.07) is 11.1. The van der Waals surface area contributed by atoms with E-state index in [1.54, 1.807) is 25.3 Å². The standard InChI is InChI=1S/C18H18N4O3/c1-24-14-4-2-12-6-11(10-25-17(12)8-14)9-19-18(23)13-3-5-15-16(7-13)21-22-20-15/h2-5,7-8,11H,6,9-10H2,1H3,(H,19,23)(H,20,21,22)/t11-/m0/s1. The lowest BCUT2D eigenvalue weighted by Gasteiger charge is -2.25. The van der Waals surface area contributed by atoms with Crippen LogP contribution in [0.4, 0.5) is 0 Å². The zero-order valence-corrected chi connectivity index (χ0v) is 13.8. The molecule has 2 heterocycles. The van der Waals surface area contributed by atoms with Gasteiger partial charge in [0.25, 0.3) is 5.91 Å². The van der Waals surface area contributed by atoms with Crippen LogP contribution in [0, 0.1) is 5.92 Å². The predicted molar refractivity (Wildman–Crippen MR) is 91.9 cm³/mol. The maximum absolute atomic E-state index is 12.4. The summed E-state index contributed by atoms with van der Waals surface area (Å²) >= 11 is 0. The van der Waals surface area contributed by atoms with Crippen molar-refractivity contribution in [3.8, 4) is 11.5 Å². The fourth-order valence-electron chi connectivity index (χ4n) is 2.99. The number of ether oxygens (including phenoxy) is 2. The minimum atomic E-state index is -0.120. The third-order valence-electron chi connectivity index (χ3n) is 4.39. The first kappa shape index (κ1) is 15.4. The second kappa shape index (κ2) is 6.43. The molecule has 0 radical (unpaired) electrons. The van der Waals surface area contributed by atoms with Gasteiger partial charge in [0.2, 0.25) is 0 Å². The number of hydrogen-bond donors (Lipinski definition) is 2. The van der Waals surface area contributed by atoms with Crippen molar-refractivity contribution in [1.82, 2.24) is 20.7 Å². The highest BCUT2D eigenvalue weighted by molar-refractivity contribution is 5.97. The van der Waals surface area contributed by atoms with Crippen LogP contribution in [0.15, 0.2) is 36.4 Å². The molecule has 1 atom stereocenters. The smallest absolute Gasteiger partial charge is 0.251 e. The number of fused-ring (bicyclic) bond motifs is 2. The Bertz CT molecular complexity index is 922. The molecule has 2 N–H and O–H groups in total. The molecule has 7 nitrogen and oxygen atoms in total. The van der Waals surface area contributed by atoms with E-state index in [0.717, 1.165) is 29.0 Å². The van der Waals surface area contributed by atoms with Gasteiger partial charge in [-0.05, 0) is 36.2 Å². The number of carbonyl (C=O) groups is 1. The van der Waals surface area contributed by atoms with Crippen LogP contribution in [-0.4, -0.2) is 41.6 Å². The van der Waals surface area contributed by atoms with E-state index in [-0.39, 0.29) is 11.8 Å². The fraction of sp³-hybridized carbons (Fsp3) is 0.278. The Kier molecular flexibility index (Phi) is 3.97. The molecule has 1 amide bonds. The van der Waals surface area contributed by atoms with Crippen LogP contribution < -0.4 is 14.8 Å². The van der Waals surface area contributed by atoms with Crippen molar-refractivity contribution in [3.63, 3.8) is 0 Å². The summed E-state index contributed by atoms with van der Waals surface area (Å²) in [6.45, 7) is 1.13. The molecule has 0 unspecified atom stereocenters. The van der Waals surface area contributed by atoms with Crippen molar-refractivity contribution in [3.05, 3.63) is 47.5 Å². The van der Waals surface area contributed by atoms with Crippen LogP contribution in [0.1, 0.15) is 15.9 Å². The number of nitrogens with one attached hydrogen (secondary N) is 2. The molecule has 0 bridgehead atoms. The molecule has 25 heavy (non-hydrogen) atoms. The average Bonchev–Trinajstić information content (AvgIpc) is 3.13. The summed E-state index contributed by atoms with van der Waals surface area (Å²) in [5.74, 6) is 1.76. The van der Waals surface area contributed by atoms with Crippen molar-refractivity contribution >= 4 is 16.9 Å². The van der Waals surface area contributed by atoms with Crippen molar-refractivity contribution < 1.29 is 14.3 Å². The number of aromatic amines is 1. The number of carbonyl (C=O) groups excluding carboxylic acids is 1. The number of rotatable bonds is 4. The highest BCUT2D eigenvalue weighted by Gasteiger charge is 2.21. The third kappa shape index (κ3) is 3.13. The molecule has 1 aliphatic heterocycles. The normalized spacial score (nSPS) is 16.1. The predicted octanol–water partition coefficient (Wildman–Crippen LogP) is 1.95. The summed E-state index contributed by atoms with van der Waals surface area (Å²) in [5, 5.41) is 13.5. The van der Waals surface area contributed by atoms with Gasteiger partial charge >= 0.3 is 0 Å². The Morgan fingerprint density at radius 2 is 2.16 bits per heavy atom. The second-order valence-electron chi connectivity index (χ2n) is 6.09. The van der Waals surface area contributed by atoms with Crippen LogP contribution >= 0.6 is 0 Å². The molecule has 2 aromatic carbocycles. The summed E-state index contributed by atoms with van der Waals surface area (Å²) in [4.78, 5) is 12.4. The van der Waals surface area contributed by atoms with E-state index in [1.165, 1.54) is 0 Å². The average molecular weight is 338 g/mol. The minimum absolute atomic E-state index is 0.120. The first-order chi connectivity index (χ1) is 12.2. The van der Waals surface area contributed by atoms with E-state index in [9.17, 15) is 4.79 Å². The number of methoxy groups -OCH3 is 1. The lowest BCUT2D eigenvalue weighted by molar-refractivity contribution is 0.0939. The molecule has 0 fully saturated rings. The Hall–Kier alpha value is -3.09. The maximum Gasteiger partial charge on any atom is 0.251 e. The topological polar surface area (TPSA) is 89.1 Å². The Morgan fingerprint density at radius 3 is 3.04 bits per heavy atom. The number of benzene rings is 2. The maximum atomic E-state index is 12.4. The molecular formula is C18H18N4O3. The van der Waals surface area contributed by atoms with E-state index >= 15 is 0 Å². The van der Waals surface area contributed by atoms with Crippen molar-refractivity contribution in [2.75, 3.05) is 20.3 Å². The molecular weight excluding hydrogens is 320 g/mol. The minimum Gasteiger partial charge on any atom is -0.497 e. The van der Waals surface area contributed by atoms with E-state index in [0.29, 0.717) is 24.2 Å². The fourth-order valence-corrected chi connectivity index (χ4v) is 2.99. The largest absolute Gasteiger partial charge is 0.497 e. The molecule has 0 spiro atoms. The zero-order chi connectivity index (χ0) is 17.2. The SMILES string of the molecule is COc1ccc2c(c1)OC[C@H](CNC(=O)c1ccc3n[nH]nc3c1)C2. The lowest BCUT2D eigenvalue weighted by Crippen LogP contribution is -2.34. The van der Waals surface area contributed by atoms with Gasteiger partial charge in [-0.15, -0.1) is 0 Å². The number of nitrogens with zero attached hydrogens (tertiary/aromatic N) is 2. The zero-order valence-electron chi connectivity index (χ0n) is 13.8. The van der Waals surface area contributed by atoms with Crippen molar-refractivity contribution in [2.45, 2.75) is 6.42 Å². The van der Waals surface area contributed by atoms with Crippen LogP contribution in [-0.2, 0) is 6.42 Å². The lowest BCUT2D eigenvalue weighted by atomic mass is 9.96. The monoisotopic (exact) mass is 338 g/mol. The van der Waals surface area contributed by atoms with Gasteiger partial charge in [-0.1, -0.05) is 6.07 Å². The van der Waals surface area contributed by atoms with E-state index in [1.807, 2.05) is 18.2 Å². The van der Waals surface area contributed by atoms with Gasteiger partial charge in [-0.3, -0.25) is 4.79 Å². The summed E-state index contributed by atoms with van der Waals surface area (Å²) < 4.78 is 11.0. The van der Waals surface area contributed by atoms with Gasteiger partial charge in [-0.25, -0.2) is 0 Å². The van der Waals surface area contributed by atoms with Crippen LogP contribution in [0.5, 0.6) is 11.5 Å². The molecule has 7 heteroatoms. The van der Waals surface area contributed by atoms with Crippen LogP contribution in [0.2, 0.25) is 0 Å². The number of aromatic nitrogens is 3. The van der Waals surface area contributed by atoms with Crippen LogP contribution in [0.25, 0.3) is 11.0 Å². The molecule has 1 aliphatic rings. The Labute approximate surface area is 144 Å². The first-order valence-electron chi connectivity index (χ1n) is 8.11. The van der Waals surface area contributed by atoms with Gasteiger partial charge < -0.3 is 14.8 Å². The molecule has 0 aliphatic carbocycles. The third-order valence-corrected chi connectivity index (χ3v) is 4.39. The van der Waals surface area contributed by atoms with E-state index in [4.69, 9.17) is 9.47 Å². The van der Waals surface area contributed by atoms with Gasteiger partial charge in [-0.2, -0.15) is 15.4 Å². The highest BCUT2D eigenvalue weighted by atomic mass is 16.5. The molecule has 128 valence electrons. The Balaban J connectivity index is 1.38. The quantitative estimate of drug-likeness (QED) is 0.759. The van der Waals surface area contributed by atoms with Crippen LogP contribution in [0.3, 0.4) is 0 Å². The van der Waals surface area contributed by atoms with Gasteiger partial charge in [0.05, 0.1) is 13.7 Å². The summed E-state index contributed by atoms with van der Waals surface area (Å²) in [5.41, 5.74) is 3.12. The van der Waals surface area contributed by atoms with Gasteiger partial charge in [0, 0.05) is 24.1 Å². The molecule has 4 rings (SSSR count). The summed E-state index contributed by atoms with van der Waals surface area (Å²) in [7, 11) is 1.64. The molecule has 0 saturated heterocycles. The number of hydrogen-bond acceptors (Lipinski definition) is 5.